The number of hydrogen-bond acceptors (Lipinski definition) is 2. The van der Waals surface area contributed by atoms with Gasteiger partial charge in [0.25, 0.3) is 0 Å². The van der Waals surface area contributed by atoms with Crippen LogP contribution >= 0.6 is 0 Å². The molecule has 1 aliphatic rings. The van der Waals surface area contributed by atoms with Crippen LogP contribution in [0.1, 0.15) is 48.4 Å². The first-order valence-corrected chi connectivity index (χ1v) is 12.7. The van der Waals surface area contributed by atoms with Gasteiger partial charge in [-0.15, -0.1) is 0 Å². The van der Waals surface area contributed by atoms with Crippen LogP contribution in [0, 0.1) is 13.8 Å². The van der Waals surface area contributed by atoms with Crippen molar-refractivity contribution < 1.29 is 9.47 Å². The minimum absolute atomic E-state index is 0.180. The predicted molar refractivity (Wildman–Crippen MR) is 149 cm³/mol. The second kappa shape index (κ2) is 7.30. The lowest BCUT2D eigenvalue weighted by Crippen LogP contribution is -2.35. The molecule has 4 nitrogen and oxygen atoms in total. The van der Waals surface area contributed by atoms with Gasteiger partial charge in [-0.05, 0) is 69.0 Å². The zero-order chi connectivity index (χ0) is 24.8. The standard InChI is InChI=1S/C32H30N2O2/c1-17-13-22-20-10-8-11-21(29(20)34-26(22)15-27(17)35-5)24-16-32(3,4)36-31-18(2)14-23-19-9-6-7-12-25(19)33-30(23)28(24)31/h6-15,24,33-34H,16H2,1-5H3/t24-/m1/s1. The zero-order valence-corrected chi connectivity index (χ0v) is 21.4. The summed E-state index contributed by atoms with van der Waals surface area (Å²) in [5.74, 6) is 2.10. The van der Waals surface area contributed by atoms with E-state index in [9.17, 15) is 0 Å². The summed E-state index contributed by atoms with van der Waals surface area (Å²) in [4.78, 5) is 7.51. The van der Waals surface area contributed by atoms with E-state index in [0.717, 1.165) is 34.5 Å². The molecule has 0 fully saturated rings. The topological polar surface area (TPSA) is 50.0 Å². The molecule has 3 heterocycles. The Bertz CT molecular complexity index is 1840. The highest BCUT2D eigenvalue weighted by atomic mass is 16.5. The highest BCUT2D eigenvalue weighted by Crippen LogP contribution is 2.51. The summed E-state index contributed by atoms with van der Waals surface area (Å²) in [6, 6.07) is 21.9. The van der Waals surface area contributed by atoms with Crippen molar-refractivity contribution in [3.63, 3.8) is 0 Å². The van der Waals surface area contributed by atoms with E-state index < -0.39 is 0 Å². The third-order valence-electron chi connectivity index (χ3n) is 7.96. The van der Waals surface area contributed by atoms with Crippen molar-refractivity contribution in [1.82, 2.24) is 9.97 Å². The molecule has 1 aliphatic heterocycles. The van der Waals surface area contributed by atoms with Gasteiger partial charge in [-0.25, -0.2) is 0 Å². The molecule has 6 aromatic rings. The molecule has 0 saturated carbocycles. The summed E-state index contributed by atoms with van der Waals surface area (Å²) >= 11 is 0. The van der Waals surface area contributed by atoms with E-state index >= 15 is 0 Å². The van der Waals surface area contributed by atoms with Crippen LogP contribution in [0.5, 0.6) is 11.5 Å². The number of methoxy groups -OCH3 is 1. The van der Waals surface area contributed by atoms with Crippen molar-refractivity contribution in [2.24, 2.45) is 0 Å². The number of H-pyrrole nitrogens is 2. The average Bonchev–Trinajstić information content (AvgIpc) is 3.40. The summed E-state index contributed by atoms with van der Waals surface area (Å²) in [6.07, 6.45) is 0.894. The fraction of sp³-hybridized carbons (Fsp3) is 0.250. The Balaban J connectivity index is 1.56. The average molecular weight is 475 g/mol. The highest BCUT2D eigenvalue weighted by molar-refractivity contribution is 6.11. The maximum Gasteiger partial charge on any atom is 0.128 e. The lowest BCUT2D eigenvalue weighted by Gasteiger charge is -2.39. The van der Waals surface area contributed by atoms with Crippen molar-refractivity contribution in [2.45, 2.75) is 45.6 Å². The maximum atomic E-state index is 6.68. The molecule has 0 saturated heterocycles. The largest absolute Gasteiger partial charge is 0.496 e. The van der Waals surface area contributed by atoms with Gasteiger partial charge in [0.1, 0.15) is 17.1 Å². The molecule has 36 heavy (non-hydrogen) atoms. The van der Waals surface area contributed by atoms with Crippen LogP contribution in [-0.4, -0.2) is 22.7 Å². The normalized spacial score (nSPS) is 17.1. The van der Waals surface area contributed by atoms with E-state index in [4.69, 9.17) is 9.47 Å². The molecule has 0 amide bonds. The van der Waals surface area contributed by atoms with Gasteiger partial charge in [-0.2, -0.15) is 0 Å². The number of ether oxygens (including phenoxy) is 2. The Hall–Kier alpha value is -3.92. The van der Waals surface area contributed by atoms with Crippen LogP contribution < -0.4 is 9.47 Å². The van der Waals surface area contributed by atoms with Crippen LogP contribution in [0.4, 0.5) is 0 Å². The van der Waals surface area contributed by atoms with Crippen molar-refractivity contribution in [2.75, 3.05) is 7.11 Å². The monoisotopic (exact) mass is 474 g/mol. The fourth-order valence-corrected chi connectivity index (χ4v) is 6.37. The first-order valence-electron chi connectivity index (χ1n) is 12.7. The molecule has 4 heteroatoms. The quantitative estimate of drug-likeness (QED) is 0.265. The molecule has 0 spiro atoms. The van der Waals surface area contributed by atoms with Crippen LogP contribution in [0.3, 0.4) is 0 Å². The Morgan fingerprint density at radius 2 is 1.56 bits per heavy atom. The number of benzene rings is 4. The molecule has 0 radical (unpaired) electrons. The number of nitrogens with one attached hydrogen (secondary N) is 2. The predicted octanol–water partition coefficient (Wildman–Crippen LogP) is 8.27. The Kier molecular flexibility index (Phi) is 4.33. The Morgan fingerprint density at radius 1 is 0.806 bits per heavy atom. The first kappa shape index (κ1) is 21.4. The zero-order valence-electron chi connectivity index (χ0n) is 21.4. The molecule has 4 aromatic carbocycles. The van der Waals surface area contributed by atoms with E-state index in [-0.39, 0.29) is 11.5 Å². The number of aryl methyl sites for hydroxylation is 2. The SMILES string of the molecule is COc1cc2[nH]c3c([C@H]4CC(C)(C)Oc5c(C)cc6c([nH]c7ccccc76)c54)cccc3c2cc1C. The minimum Gasteiger partial charge on any atom is -0.496 e. The summed E-state index contributed by atoms with van der Waals surface area (Å²) in [5, 5.41) is 5.00. The minimum atomic E-state index is -0.282. The lowest BCUT2D eigenvalue weighted by atomic mass is 9.78. The number of fused-ring (bicyclic) bond motifs is 8. The number of para-hydroxylation sites is 2. The molecule has 2 N–H and O–H groups in total. The highest BCUT2D eigenvalue weighted by Gasteiger charge is 2.38. The van der Waals surface area contributed by atoms with Gasteiger partial charge in [0, 0.05) is 44.6 Å². The number of hydrogen-bond donors (Lipinski definition) is 2. The van der Waals surface area contributed by atoms with Crippen LogP contribution in [0.25, 0.3) is 43.6 Å². The summed E-state index contributed by atoms with van der Waals surface area (Å²) < 4.78 is 12.3. The third-order valence-corrected chi connectivity index (χ3v) is 7.96. The van der Waals surface area contributed by atoms with Gasteiger partial charge in [-0.1, -0.05) is 36.4 Å². The summed E-state index contributed by atoms with van der Waals surface area (Å²) in [6.45, 7) is 8.69. The summed E-state index contributed by atoms with van der Waals surface area (Å²) in [5.41, 5.74) is 9.26. The van der Waals surface area contributed by atoms with E-state index in [1.165, 1.54) is 49.3 Å². The van der Waals surface area contributed by atoms with Crippen LogP contribution in [0.15, 0.2) is 60.7 Å². The van der Waals surface area contributed by atoms with Gasteiger partial charge < -0.3 is 19.4 Å². The van der Waals surface area contributed by atoms with E-state index in [2.05, 4.69) is 98.3 Å². The molecular weight excluding hydrogens is 444 g/mol. The Labute approximate surface area is 210 Å². The molecule has 180 valence electrons. The second-order valence-corrected chi connectivity index (χ2v) is 10.9. The van der Waals surface area contributed by atoms with Gasteiger partial charge >= 0.3 is 0 Å². The first-order chi connectivity index (χ1) is 17.3. The molecular formula is C32H30N2O2. The smallest absolute Gasteiger partial charge is 0.128 e. The van der Waals surface area contributed by atoms with Crippen molar-refractivity contribution >= 4 is 43.6 Å². The molecule has 0 unspecified atom stereocenters. The van der Waals surface area contributed by atoms with E-state index in [1.54, 1.807) is 7.11 Å². The van der Waals surface area contributed by atoms with Gasteiger partial charge in [-0.3, -0.25) is 0 Å². The molecule has 0 aliphatic carbocycles. The third kappa shape index (κ3) is 2.94. The number of rotatable bonds is 2. The van der Waals surface area contributed by atoms with Gasteiger partial charge in [0.2, 0.25) is 0 Å². The molecule has 2 aromatic heterocycles. The van der Waals surface area contributed by atoms with Crippen molar-refractivity contribution in [3.05, 3.63) is 82.9 Å². The van der Waals surface area contributed by atoms with Crippen LogP contribution in [-0.2, 0) is 0 Å². The van der Waals surface area contributed by atoms with Crippen molar-refractivity contribution in [1.29, 1.82) is 0 Å². The van der Waals surface area contributed by atoms with E-state index in [0.29, 0.717) is 0 Å². The van der Waals surface area contributed by atoms with Crippen LogP contribution in [0.2, 0.25) is 0 Å². The van der Waals surface area contributed by atoms with Gasteiger partial charge in [0.05, 0.1) is 23.7 Å². The summed E-state index contributed by atoms with van der Waals surface area (Å²) in [7, 11) is 1.73. The second-order valence-electron chi connectivity index (χ2n) is 10.9. The fourth-order valence-electron chi connectivity index (χ4n) is 6.37. The molecule has 0 bridgehead atoms. The van der Waals surface area contributed by atoms with E-state index in [1.807, 2.05) is 0 Å². The molecule has 1 atom stereocenters. The lowest BCUT2D eigenvalue weighted by molar-refractivity contribution is 0.0773. The Morgan fingerprint density at radius 3 is 2.39 bits per heavy atom. The van der Waals surface area contributed by atoms with Crippen molar-refractivity contribution in [3.8, 4) is 11.5 Å². The van der Waals surface area contributed by atoms with Gasteiger partial charge in [0.15, 0.2) is 0 Å². The molecule has 7 rings (SSSR count). The number of aromatic nitrogens is 2. The number of aromatic amines is 2. The maximum absolute atomic E-state index is 6.68.